The number of nitrogens with one attached hydrogen (secondary N) is 1. The first-order valence-electron chi connectivity index (χ1n) is 10.2. The van der Waals surface area contributed by atoms with Crippen molar-refractivity contribution in [3.05, 3.63) is 65.0 Å². The van der Waals surface area contributed by atoms with Crippen molar-refractivity contribution >= 4 is 44.0 Å². The zero-order valence-corrected chi connectivity index (χ0v) is 19.7. The number of halogens is 1. The van der Waals surface area contributed by atoms with Crippen LogP contribution in [-0.2, 0) is 14.8 Å². The van der Waals surface area contributed by atoms with Crippen LogP contribution in [0.15, 0.2) is 64.9 Å². The molecule has 1 saturated heterocycles. The molecule has 2 aromatic carbocycles. The number of aromatic nitrogens is 1. The van der Waals surface area contributed by atoms with E-state index >= 15 is 0 Å². The molecule has 0 unspecified atom stereocenters. The fraction of sp³-hybridized carbons (Fsp3) is 0.273. The van der Waals surface area contributed by atoms with Crippen molar-refractivity contribution in [2.45, 2.75) is 11.3 Å². The van der Waals surface area contributed by atoms with Crippen molar-refractivity contribution in [1.29, 1.82) is 0 Å². The second-order valence-corrected chi connectivity index (χ2v) is 10.6. The zero-order valence-electron chi connectivity index (χ0n) is 17.3. The van der Waals surface area contributed by atoms with Crippen LogP contribution in [0.1, 0.15) is 6.42 Å². The molecule has 7 nitrogen and oxygen atoms in total. The molecule has 0 aliphatic carbocycles. The number of hydrogen-bond donors (Lipinski definition) is 1. The Morgan fingerprint density at radius 1 is 1.03 bits per heavy atom. The van der Waals surface area contributed by atoms with Crippen LogP contribution in [0.3, 0.4) is 0 Å². The van der Waals surface area contributed by atoms with Crippen molar-refractivity contribution in [3.63, 3.8) is 0 Å². The van der Waals surface area contributed by atoms with Crippen LogP contribution in [0.25, 0.3) is 11.3 Å². The third kappa shape index (κ3) is 5.54. The van der Waals surface area contributed by atoms with Crippen LogP contribution in [0.4, 0.5) is 5.13 Å². The molecule has 1 amide bonds. The Labute approximate surface area is 196 Å². The molecule has 0 bridgehead atoms. The fourth-order valence-corrected chi connectivity index (χ4v) is 5.75. The molecule has 2 heterocycles. The van der Waals surface area contributed by atoms with Gasteiger partial charge in [-0.2, -0.15) is 4.31 Å². The highest BCUT2D eigenvalue weighted by molar-refractivity contribution is 7.89. The van der Waals surface area contributed by atoms with Crippen molar-refractivity contribution in [3.8, 4) is 11.3 Å². The summed E-state index contributed by atoms with van der Waals surface area (Å²) in [5, 5.41) is 5.85. The number of amides is 1. The quantitative estimate of drug-likeness (QED) is 0.544. The lowest BCUT2D eigenvalue weighted by molar-refractivity contribution is -0.116. The third-order valence-electron chi connectivity index (χ3n) is 5.26. The Morgan fingerprint density at radius 2 is 1.72 bits per heavy atom. The molecule has 3 aromatic rings. The van der Waals surface area contributed by atoms with Gasteiger partial charge in [0.1, 0.15) is 0 Å². The summed E-state index contributed by atoms with van der Waals surface area (Å²) in [7, 11) is -3.53. The Balaban J connectivity index is 1.24. The average Bonchev–Trinajstić information content (AvgIpc) is 3.27. The number of rotatable bonds is 7. The lowest BCUT2D eigenvalue weighted by atomic mass is 10.2. The molecular formula is C22H23ClN4O3S2. The molecule has 32 heavy (non-hydrogen) atoms. The summed E-state index contributed by atoms with van der Waals surface area (Å²) in [6, 6.07) is 16.0. The molecule has 10 heteroatoms. The van der Waals surface area contributed by atoms with Gasteiger partial charge in [0, 0.05) is 55.1 Å². The van der Waals surface area contributed by atoms with Gasteiger partial charge in [-0.1, -0.05) is 41.9 Å². The fourth-order valence-electron chi connectivity index (χ4n) is 3.46. The Hall–Kier alpha value is -2.30. The Bertz CT molecular complexity index is 1160. The first-order valence-corrected chi connectivity index (χ1v) is 12.9. The van der Waals surface area contributed by atoms with Gasteiger partial charge in [-0.25, -0.2) is 13.4 Å². The molecule has 1 N–H and O–H groups in total. The monoisotopic (exact) mass is 490 g/mol. The molecule has 0 saturated carbocycles. The molecule has 1 aliphatic rings. The molecule has 168 valence electrons. The lowest BCUT2D eigenvalue weighted by Gasteiger charge is -2.33. The van der Waals surface area contributed by atoms with E-state index in [1.54, 1.807) is 12.1 Å². The van der Waals surface area contributed by atoms with E-state index in [1.165, 1.54) is 27.8 Å². The maximum Gasteiger partial charge on any atom is 0.243 e. The topological polar surface area (TPSA) is 82.6 Å². The van der Waals surface area contributed by atoms with E-state index in [0.29, 0.717) is 49.3 Å². The van der Waals surface area contributed by atoms with E-state index in [9.17, 15) is 13.2 Å². The number of sulfonamides is 1. The van der Waals surface area contributed by atoms with Crippen molar-refractivity contribution in [1.82, 2.24) is 14.2 Å². The number of hydrogen-bond acceptors (Lipinski definition) is 6. The van der Waals surface area contributed by atoms with E-state index in [2.05, 4.69) is 15.2 Å². The highest BCUT2D eigenvalue weighted by Crippen LogP contribution is 2.25. The van der Waals surface area contributed by atoms with Gasteiger partial charge in [-0.3, -0.25) is 4.79 Å². The van der Waals surface area contributed by atoms with E-state index < -0.39 is 10.0 Å². The van der Waals surface area contributed by atoms with Gasteiger partial charge in [0.25, 0.3) is 0 Å². The summed E-state index contributed by atoms with van der Waals surface area (Å²) in [6.07, 6.45) is 0.324. The van der Waals surface area contributed by atoms with Gasteiger partial charge in [-0.05, 0) is 24.3 Å². The number of piperazine rings is 1. The maximum atomic E-state index is 12.8. The maximum absolute atomic E-state index is 12.8. The van der Waals surface area contributed by atoms with Gasteiger partial charge in [0.15, 0.2) is 5.13 Å². The highest BCUT2D eigenvalue weighted by atomic mass is 35.5. The van der Waals surface area contributed by atoms with Gasteiger partial charge in [0.05, 0.1) is 10.6 Å². The molecule has 1 fully saturated rings. The minimum absolute atomic E-state index is 0.102. The smallest absolute Gasteiger partial charge is 0.243 e. The standard InChI is InChI=1S/C22H23ClN4O3S2/c23-18-6-8-19(9-7-18)32(29,30)27-14-12-26(13-15-27)11-10-21(28)25-22-24-20(16-31-22)17-4-2-1-3-5-17/h1-9,16H,10-15H2,(H,24,25,28). The second kappa shape index (κ2) is 10.1. The first kappa shape index (κ1) is 22.9. The lowest BCUT2D eigenvalue weighted by Crippen LogP contribution is -2.49. The van der Waals surface area contributed by atoms with E-state index in [4.69, 9.17) is 11.6 Å². The SMILES string of the molecule is O=C(CCN1CCN(S(=O)(=O)c2ccc(Cl)cc2)CC1)Nc1nc(-c2ccccc2)cs1. The molecule has 0 spiro atoms. The van der Waals surface area contributed by atoms with Crippen LogP contribution in [0, 0.1) is 0 Å². The average molecular weight is 491 g/mol. The first-order chi connectivity index (χ1) is 15.4. The summed E-state index contributed by atoms with van der Waals surface area (Å²) < 4.78 is 27.0. The summed E-state index contributed by atoms with van der Waals surface area (Å²) in [6.45, 7) is 2.50. The van der Waals surface area contributed by atoms with Gasteiger partial charge < -0.3 is 10.2 Å². The molecule has 1 aliphatic heterocycles. The Morgan fingerprint density at radius 3 is 2.41 bits per heavy atom. The normalized spacial score (nSPS) is 15.5. The minimum atomic E-state index is -3.53. The van der Waals surface area contributed by atoms with E-state index in [1.807, 2.05) is 35.7 Å². The summed E-state index contributed by atoms with van der Waals surface area (Å²) in [4.78, 5) is 19.2. The second-order valence-electron chi connectivity index (χ2n) is 7.40. The molecule has 1 aromatic heterocycles. The molecule has 4 rings (SSSR count). The third-order valence-corrected chi connectivity index (χ3v) is 8.18. The van der Waals surface area contributed by atoms with Crippen LogP contribution >= 0.6 is 22.9 Å². The van der Waals surface area contributed by atoms with Crippen LogP contribution in [0.2, 0.25) is 5.02 Å². The van der Waals surface area contributed by atoms with Crippen molar-refractivity contribution < 1.29 is 13.2 Å². The van der Waals surface area contributed by atoms with Gasteiger partial charge in [0.2, 0.25) is 15.9 Å². The van der Waals surface area contributed by atoms with E-state index in [0.717, 1.165) is 11.3 Å². The molecule has 0 atom stereocenters. The predicted octanol–water partition coefficient (Wildman–Crippen LogP) is 3.80. The highest BCUT2D eigenvalue weighted by Gasteiger charge is 2.28. The van der Waals surface area contributed by atoms with Crippen LogP contribution < -0.4 is 5.32 Å². The Kier molecular flexibility index (Phi) is 7.22. The van der Waals surface area contributed by atoms with Crippen LogP contribution in [0.5, 0.6) is 0 Å². The molecule has 0 radical (unpaired) electrons. The largest absolute Gasteiger partial charge is 0.302 e. The number of carbonyl (C=O) groups excluding carboxylic acids is 1. The zero-order chi connectivity index (χ0) is 22.6. The van der Waals surface area contributed by atoms with Crippen molar-refractivity contribution in [2.75, 3.05) is 38.0 Å². The number of anilines is 1. The van der Waals surface area contributed by atoms with E-state index in [-0.39, 0.29) is 10.8 Å². The number of nitrogens with zero attached hydrogens (tertiary/aromatic N) is 3. The summed E-state index contributed by atoms with van der Waals surface area (Å²) in [5.41, 5.74) is 1.85. The number of carbonyl (C=O) groups is 1. The predicted molar refractivity (Wildman–Crippen MR) is 127 cm³/mol. The molecular weight excluding hydrogens is 468 g/mol. The summed E-state index contributed by atoms with van der Waals surface area (Å²) in [5.74, 6) is -0.102. The number of benzene rings is 2. The minimum Gasteiger partial charge on any atom is -0.302 e. The van der Waals surface area contributed by atoms with Crippen molar-refractivity contribution in [2.24, 2.45) is 0 Å². The van der Waals surface area contributed by atoms with Gasteiger partial charge >= 0.3 is 0 Å². The number of thiazole rings is 1. The van der Waals surface area contributed by atoms with Crippen LogP contribution in [-0.4, -0.2) is 61.2 Å². The van der Waals surface area contributed by atoms with Gasteiger partial charge in [-0.15, -0.1) is 11.3 Å². The summed E-state index contributed by atoms with van der Waals surface area (Å²) >= 11 is 7.25.